The van der Waals surface area contributed by atoms with Gasteiger partial charge in [0.1, 0.15) is 0 Å². The van der Waals surface area contributed by atoms with Crippen molar-refractivity contribution in [2.45, 2.75) is 33.6 Å². The summed E-state index contributed by atoms with van der Waals surface area (Å²) in [6.07, 6.45) is 6.84. The first-order chi connectivity index (χ1) is 6.24. The first kappa shape index (κ1) is 10.0. The molecule has 1 rings (SSSR count). The lowest BCUT2D eigenvalue weighted by molar-refractivity contribution is 0.962. The molecule has 0 saturated carbocycles. The van der Waals surface area contributed by atoms with E-state index in [0.717, 1.165) is 0 Å². The van der Waals surface area contributed by atoms with E-state index >= 15 is 0 Å². The highest BCUT2D eigenvalue weighted by molar-refractivity contribution is 5.51. The zero-order chi connectivity index (χ0) is 9.68. The van der Waals surface area contributed by atoms with Crippen molar-refractivity contribution in [2.24, 2.45) is 0 Å². The van der Waals surface area contributed by atoms with E-state index in [4.69, 9.17) is 0 Å². The third-order valence-electron chi connectivity index (χ3n) is 2.30. The number of rotatable bonds is 3. The molecule has 0 nitrogen and oxygen atoms in total. The normalized spacial score (nSPS) is 11.0. The van der Waals surface area contributed by atoms with Gasteiger partial charge in [0.2, 0.25) is 0 Å². The Kier molecular flexibility index (Phi) is 3.75. The number of hydrogen-bond donors (Lipinski definition) is 0. The Labute approximate surface area is 81.3 Å². The second-order valence-corrected chi connectivity index (χ2v) is 3.53. The third kappa shape index (κ3) is 3.06. The van der Waals surface area contributed by atoms with Crippen LogP contribution in [0.4, 0.5) is 0 Å². The average molecular weight is 174 g/mol. The van der Waals surface area contributed by atoms with Crippen LogP contribution in [-0.4, -0.2) is 0 Å². The van der Waals surface area contributed by atoms with Crippen LogP contribution in [0.3, 0.4) is 0 Å². The molecule has 0 radical (unpaired) electrons. The smallest absolute Gasteiger partial charge is 0.0257 e. The zero-order valence-electron chi connectivity index (χ0n) is 8.80. The van der Waals surface area contributed by atoms with Crippen molar-refractivity contribution in [3.8, 4) is 0 Å². The van der Waals surface area contributed by atoms with Gasteiger partial charge >= 0.3 is 0 Å². The minimum absolute atomic E-state index is 1.17. The molecule has 0 heteroatoms. The van der Waals surface area contributed by atoms with Gasteiger partial charge in [0, 0.05) is 0 Å². The summed E-state index contributed by atoms with van der Waals surface area (Å²) >= 11 is 0. The molecule has 0 heterocycles. The van der Waals surface area contributed by atoms with Gasteiger partial charge in [-0.1, -0.05) is 43.7 Å². The highest BCUT2D eigenvalue weighted by atomic mass is 14.0. The Hall–Kier alpha value is -1.04. The van der Waals surface area contributed by atoms with Gasteiger partial charge in [-0.3, -0.25) is 0 Å². The summed E-state index contributed by atoms with van der Waals surface area (Å²) in [7, 11) is 0. The lowest BCUT2D eigenvalue weighted by atomic mass is 10.1. The van der Waals surface area contributed by atoms with Gasteiger partial charge in [-0.2, -0.15) is 0 Å². The third-order valence-corrected chi connectivity index (χ3v) is 2.30. The Morgan fingerprint density at radius 2 is 1.92 bits per heavy atom. The molecule has 1 aromatic carbocycles. The van der Waals surface area contributed by atoms with Crippen molar-refractivity contribution in [1.82, 2.24) is 0 Å². The van der Waals surface area contributed by atoms with E-state index < -0.39 is 0 Å². The molecular weight excluding hydrogens is 156 g/mol. The summed E-state index contributed by atoms with van der Waals surface area (Å²) < 4.78 is 0. The van der Waals surface area contributed by atoms with Gasteiger partial charge in [0.05, 0.1) is 0 Å². The molecule has 0 N–H and O–H groups in total. The van der Waals surface area contributed by atoms with Gasteiger partial charge in [-0.25, -0.2) is 0 Å². The highest BCUT2D eigenvalue weighted by Gasteiger charge is 1.91. The summed E-state index contributed by atoms with van der Waals surface area (Å²) in [4.78, 5) is 0. The van der Waals surface area contributed by atoms with Crippen molar-refractivity contribution in [3.63, 3.8) is 0 Å². The van der Waals surface area contributed by atoms with Crippen LogP contribution < -0.4 is 0 Å². The molecule has 0 aromatic heterocycles. The summed E-state index contributed by atoms with van der Waals surface area (Å²) in [5.41, 5.74) is 4.06. The van der Waals surface area contributed by atoms with Crippen LogP contribution in [0.15, 0.2) is 24.3 Å². The maximum absolute atomic E-state index is 2.24. The second kappa shape index (κ2) is 4.86. The van der Waals surface area contributed by atoms with E-state index in [1.165, 1.54) is 29.5 Å². The summed E-state index contributed by atoms with van der Waals surface area (Å²) in [5.74, 6) is 0. The minimum Gasteiger partial charge on any atom is -0.0840 e. The minimum atomic E-state index is 1.17. The maximum atomic E-state index is 2.24. The van der Waals surface area contributed by atoms with Crippen LogP contribution in [0.25, 0.3) is 6.08 Å². The number of unbranched alkanes of at least 4 members (excludes halogenated alkanes) is 1. The van der Waals surface area contributed by atoms with Gasteiger partial charge < -0.3 is 0 Å². The topological polar surface area (TPSA) is 0 Å². The van der Waals surface area contributed by atoms with Crippen LogP contribution in [0.1, 0.15) is 36.5 Å². The number of aryl methyl sites for hydroxylation is 2. The first-order valence-corrected chi connectivity index (χ1v) is 4.98. The highest BCUT2D eigenvalue weighted by Crippen LogP contribution is 2.11. The number of hydrogen-bond acceptors (Lipinski definition) is 0. The van der Waals surface area contributed by atoms with Gasteiger partial charge in [0.15, 0.2) is 0 Å². The molecule has 70 valence electrons. The van der Waals surface area contributed by atoms with Crippen molar-refractivity contribution in [3.05, 3.63) is 41.0 Å². The molecule has 0 spiro atoms. The van der Waals surface area contributed by atoms with E-state index in [0.29, 0.717) is 0 Å². The number of allylic oxidation sites excluding steroid dienone is 1. The molecule has 0 amide bonds. The van der Waals surface area contributed by atoms with Crippen molar-refractivity contribution in [1.29, 1.82) is 0 Å². The Bertz CT molecular complexity index is 295. The van der Waals surface area contributed by atoms with Crippen LogP contribution in [0.5, 0.6) is 0 Å². The van der Waals surface area contributed by atoms with Crippen molar-refractivity contribution < 1.29 is 0 Å². The van der Waals surface area contributed by atoms with Crippen LogP contribution >= 0.6 is 0 Å². The Balaban J connectivity index is 2.73. The monoisotopic (exact) mass is 174 g/mol. The zero-order valence-corrected chi connectivity index (χ0v) is 8.80. The summed E-state index contributed by atoms with van der Waals surface area (Å²) in [6, 6.07) is 6.59. The quantitative estimate of drug-likeness (QED) is 0.646. The molecule has 0 aliphatic heterocycles. The van der Waals surface area contributed by atoms with Gasteiger partial charge in [-0.15, -0.1) is 0 Å². The van der Waals surface area contributed by atoms with E-state index in [-0.39, 0.29) is 0 Å². The lowest BCUT2D eigenvalue weighted by Crippen LogP contribution is -1.81. The molecule has 0 atom stereocenters. The fourth-order valence-electron chi connectivity index (χ4n) is 1.25. The average Bonchev–Trinajstić information content (AvgIpc) is 2.12. The predicted molar refractivity (Wildman–Crippen MR) is 59.9 cm³/mol. The fraction of sp³-hybridized carbons (Fsp3) is 0.385. The summed E-state index contributed by atoms with van der Waals surface area (Å²) in [6.45, 7) is 6.51. The largest absolute Gasteiger partial charge is 0.0840 e. The van der Waals surface area contributed by atoms with E-state index in [1.54, 1.807) is 0 Å². The summed E-state index contributed by atoms with van der Waals surface area (Å²) in [5, 5.41) is 0. The van der Waals surface area contributed by atoms with E-state index in [2.05, 4.69) is 51.1 Å². The van der Waals surface area contributed by atoms with Crippen LogP contribution in [0, 0.1) is 13.8 Å². The molecule has 0 bridgehead atoms. The molecule has 0 saturated heterocycles. The molecule has 13 heavy (non-hydrogen) atoms. The van der Waals surface area contributed by atoms with E-state index in [1.807, 2.05) is 0 Å². The molecule has 0 fully saturated rings. The van der Waals surface area contributed by atoms with Crippen LogP contribution in [0.2, 0.25) is 0 Å². The molecule has 0 aliphatic carbocycles. The van der Waals surface area contributed by atoms with Gasteiger partial charge in [0.25, 0.3) is 0 Å². The molecular formula is C13H18. The fourth-order valence-corrected chi connectivity index (χ4v) is 1.25. The Morgan fingerprint density at radius 3 is 2.54 bits per heavy atom. The molecule has 0 aliphatic rings. The van der Waals surface area contributed by atoms with Crippen molar-refractivity contribution >= 4 is 6.08 Å². The van der Waals surface area contributed by atoms with E-state index in [9.17, 15) is 0 Å². The molecule has 1 aromatic rings. The standard InChI is InChI=1S/C13H18/c1-4-5-6-7-13-9-8-11(2)12(3)10-13/h6-10H,4-5H2,1-3H3. The lowest BCUT2D eigenvalue weighted by Gasteiger charge is -2.00. The Morgan fingerprint density at radius 1 is 1.15 bits per heavy atom. The second-order valence-electron chi connectivity index (χ2n) is 3.53. The SMILES string of the molecule is CCCC=Cc1ccc(C)c(C)c1. The predicted octanol–water partition coefficient (Wildman–Crippen LogP) is 4.12. The first-order valence-electron chi connectivity index (χ1n) is 4.98. The van der Waals surface area contributed by atoms with Crippen molar-refractivity contribution in [2.75, 3.05) is 0 Å². The molecule has 0 unspecified atom stereocenters. The van der Waals surface area contributed by atoms with Gasteiger partial charge in [-0.05, 0) is 37.0 Å². The van der Waals surface area contributed by atoms with Crippen LogP contribution in [-0.2, 0) is 0 Å². The maximum Gasteiger partial charge on any atom is -0.0257 e. The number of benzene rings is 1.